The third kappa shape index (κ3) is 11.3. The quantitative estimate of drug-likeness (QED) is 0.0535. The van der Waals surface area contributed by atoms with E-state index in [2.05, 4.69) is 33.3 Å². The third-order valence-corrected chi connectivity index (χ3v) is 14.2. The molecule has 2 amide bonds. The highest BCUT2D eigenvalue weighted by molar-refractivity contribution is 7.99. The Labute approximate surface area is 383 Å². The van der Waals surface area contributed by atoms with Crippen LogP contribution in [-0.4, -0.2) is 87.0 Å². The molecule has 6 aromatic carbocycles. The van der Waals surface area contributed by atoms with Gasteiger partial charge >= 0.3 is 0 Å². The van der Waals surface area contributed by atoms with Gasteiger partial charge in [-0.2, -0.15) is 4.31 Å². The molecular formula is C49H49ClN6O6S2. The van der Waals surface area contributed by atoms with E-state index in [4.69, 9.17) is 11.6 Å². The SMILES string of the molecule is CN(C)C(=O)CC[C@H](CSc1ccccc1)Nc1ccc(S(=O)(=O)N(C(=O)c2ccc(N3CCN(Cc4ccccc4-c4ccc(Cl)cc4)CC3)cc2)c2ccccc2)cc1[N+](=O)[O-]. The number of amides is 2. The normalized spacial score (nSPS) is 13.5. The lowest BCUT2D eigenvalue weighted by molar-refractivity contribution is -0.384. The molecule has 0 saturated carbocycles. The molecule has 0 aromatic heterocycles. The Kier molecular flexibility index (Phi) is 15.0. The first-order valence-corrected chi connectivity index (χ1v) is 23.7. The number of nitrogens with one attached hydrogen (secondary N) is 1. The molecule has 12 nitrogen and oxygen atoms in total. The van der Waals surface area contributed by atoms with Crippen molar-refractivity contribution in [1.82, 2.24) is 9.80 Å². The fourth-order valence-electron chi connectivity index (χ4n) is 7.54. The Balaban J connectivity index is 1.07. The molecule has 0 spiro atoms. The van der Waals surface area contributed by atoms with Gasteiger partial charge in [-0.15, -0.1) is 11.8 Å². The zero-order valence-electron chi connectivity index (χ0n) is 35.5. The number of nitrogens with zero attached hydrogens (tertiary/aromatic N) is 5. The molecule has 6 aromatic rings. The highest BCUT2D eigenvalue weighted by Crippen LogP contribution is 2.34. The van der Waals surface area contributed by atoms with E-state index in [-0.39, 0.29) is 35.3 Å². The smallest absolute Gasteiger partial charge is 0.293 e. The minimum absolute atomic E-state index is 0.0822. The topological polar surface area (TPSA) is 136 Å². The summed E-state index contributed by atoms with van der Waals surface area (Å²) in [5, 5.41) is 16.5. The first-order valence-electron chi connectivity index (χ1n) is 20.9. The van der Waals surface area contributed by atoms with Crippen LogP contribution in [0.3, 0.4) is 0 Å². The molecule has 330 valence electrons. The number of halogens is 1. The summed E-state index contributed by atoms with van der Waals surface area (Å²) in [7, 11) is -1.35. The largest absolute Gasteiger partial charge is 0.376 e. The fraction of sp³-hybridized carbons (Fsp3) is 0.224. The molecular weight excluding hydrogens is 868 g/mol. The third-order valence-electron chi connectivity index (χ3n) is 11.1. The number of carbonyl (C=O) groups is 2. The monoisotopic (exact) mass is 916 g/mol. The number of para-hydroxylation sites is 1. The van der Waals surface area contributed by atoms with Crippen LogP contribution in [0.25, 0.3) is 11.1 Å². The summed E-state index contributed by atoms with van der Waals surface area (Å²) < 4.78 is 29.8. The zero-order valence-corrected chi connectivity index (χ0v) is 37.9. The summed E-state index contributed by atoms with van der Waals surface area (Å²) in [5.41, 5.74) is 4.24. The first-order chi connectivity index (χ1) is 30.9. The number of benzene rings is 6. The summed E-state index contributed by atoms with van der Waals surface area (Å²) in [6.07, 6.45) is 0.578. The summed E-state index contributed by atoms with van der Waals surface area (Å²) in [4.78, 5) is 45.5. The Bertz CT molecular complexity index is 2670. The second-order valence-electron chi connectivity index (χ2n) is 15.6. The number of hydrogen-bond donors (Lipinski definition) is 1. The van der Waals surface area contributed by atoms with E-state index in [1.807, 2.05) is 72.8 Å². The van der Waals surface area contributed by atoms with Crippen LogP contribution in [0.15, 0.2) is 161 Å². The number of thioether (sulfide) groups is 1. The second-order valence-corrected chi connectivity index (χ2v) is 18.9. The number of anilines is 3. The van der Waals surface area contributed by atoms with Gasteiger partial charge in [0.1, 0.15) is 5.69 Å². The van der Waals surface area contributed by atoms with Gasteiger partial charge in [-0.05, 0) is 95.9 Å². The van der Waals surface area contributed by atoms with Crippen molar-refractivity contribution in [3.05, 3.63) is 178 Å². The van der Waals surface area contributed by atoms with Crippen LogP contribution in [0.1, 0.15) is 28.8 Å². The molecule has 7 rings (SSSR count). The van der Waals surface area contributed by atoms with E-state index in [9.17, 15) is 28.1 Å². The molecule has 1 N–H and O–H groups in total. The number of nitro groups is 1. The maximum Gasteiger partial charge on any atom is 0.293 e. The number of sulfonamides is 1. The lowest BCUT2D eigenvalue weighted by atomic mass is 9.99. The van der Waals surface area contributed by atoms with Crippen LogP contribution in [-0.2, 0) is 21.4 Å². The van der Waals surface area contributed by atoms with Crippen molar-refractivity contribution >= 4 is 68.0 Å². The zero-order chi connectivity index (χ0) is 45.2. The highest BCUT2D eigenvalue weighted by Gasteiger charge is 2.34. The Morgan fingerprint density at radius 3 is 2.11 bits per heavy atom. The molecule has 64 heavy (non-hydrogen) atoms. The number of piperazine rings is 1. The maximum absolute atomic E-state index is 14.5. The van der Waals surface area contributed by atoms with E-state index in [1.54, 1.807) is 44.4 Å². The van der Waals surface area contributed by atoms with Gasteiger partial charge in [-0.3, -0.25) is 24.6 Å². The summed E-state index contributed by atoms with van der Waals surface area (Å²) in [6, 6.07) is 43.9. The molecule has 1 heterocycles. The van der Waals surface area contributed by atoms with Gasteiger partial charge in [0, 0.05) is 92.3 Å². The minimum atomic E-state index is -4.69. The molecule has 0 bridgehead atoms. The van der Waals surface area contributed by atoms with Crippen LogP contribution in [0, 0.1) is 10.1 Å². The van der Waals surface area contributed by atoms with Crippen molar-refractivity contribution in [1.29, 1.82) is 0 Å². The maximum atomic E-state index is 14.5. The van der Waals surface area contributed by atoms with Crippen molar-refractivity contribution in [2.45, 2.75) is 35.2 Å². The molecule has 0 aliphatic carbocycles. The second kappa shape index (κ2) is 21.0. The number of hydrogen-bond acceptors (Lipinski definition) is 10. The molecule has 0 radical (unpaired) electrons. The molecule has 0 unspecified atom stereocenters. The van der Waals surface area contributed by atoms with Crippen molar-refractivity contribution in [2.75, 3.05) is 60.5 Å². The van der Waals surface area contributed by atoms with Gasteiger partial charge < -0.3 is 15.1 Å². The van der Waals surface area contributed by atoms with Gasteiger partial charge in [0.05, 0.1) is 15.5 Å². The molecule has 1 fully saturated rings. The van der Waals surface area contributed by atoms with Gasteiger partial charge in [0.25, 0.3) is 21.6 Å². The average molecular weight is 918 g/mol. The van der Waals surface area contributed by atoms with Crippen molar-refractivity contribution < 1.29 is 22.9 Å². The van der Waals surface area contributed by atoms with Crippen molar-refractivity contribution in [2.24, 2.45) is 0 Å². The van der Waals surface area contributed by atoms with Crippen LogP contribution in [0.4, 0.5) is 22.7 Å². The predicted molar refractivity (Wildman–Crippen MR) is 257 cm³/mol. The average Bonchev–Trinajstić information content (AvgIpc) is 3.31. The summed E-state index contributed by atoms with van der Waals surface area (Å²) in [5.74, 6) is -0.417. The molecule has 1 saturated heterocycles. The number of carbonyl (C=O) groups excluding carboxylic acids is 2. The fourth-order valence-corrected chi connectivity index (χ4v) is 10.1. The van der Waals surface area contributed by atoms with E-state index in [1.165, 1.54) is 52.1 Å². The molecule has 1 aliphatic rings. The van der Waals surface area contributed by atoms with Crippen LogP contribution < -0.4 is 14.5 Å². The van der Waals surface area contributed by atoms with Crippen LogP contribution in [0.5, 0.6) is 0 Å². The Morgan fingerprint density at radius 2 is 1.45 bits per heavy atom. The van der Waals surface area contributed by atoms with Gasteiger partial charge in [-0.25, -0.2) is 8.42 Å². The van der Waals surface area contributed by atoms with Crippen molar-refractivity contribution in [3.8, 4) is 11.1 Å². The number of rotatable bonds is 17. The highest BCUT2D eigenvalue weighted by atomic mass is 35.5. The minimum Gasteiger partial charge on any atom is -0.376 e. The van der Waals surface area contributed by atoms with E-state index in [0.717, 1.165) is 54.9 Å². The van der Waals surface area contributed by atoms with E-state index in [0.29, 0.717) is 21.5 Å². The molecule has 1 aliphatic heterocycles. The van der Waals surface area contributed by atoms with Gasteiger partial charge in [0.15, 0.2) is 0 Å². The van der Waals surface area contributed by atoms with Gasteiger partial charge in [0.2, 0.25) is 5.91 Å². The van der Waals surface area contributed by atoms with Crippen LogP contribution >= 0.6 is 23.4 Å². The Morgan fingerprint density at radius 1 is 0.812 bits per heavy atom. The molecule has 15 heteroatoms. The van der Waals surface area contributed by atoms with Crippen molar-refractivity contribution in [3.63, 3.8) is 0 Å². The lowest BCUT2D eigenvalue weighted by Crippen LogP contribution is -2.46. The molecule has 1 atom stereocenters. The standard InChI is InChI=1S/C49H49ClN6O6S2/c1-52(2)48(57)28-23-40(35-63-43-14-7-4-8-15-43)51-46-27-26-44(33-47(46)56(59)60)64(61,62)55(42-12-5-3-6-13-42)49(58)37-19-24-41(25-20-37)54-31-29-53(30-32-54)34-38-11-9-10-16-45(38)36-17-21-39(50)22-18-36/h3-22,24-27,33,40,51H,23,28-32,34-35H2,1-2H3/t40-/m1/s1. The van der Waals surface area contributed by atoms with Crippen LogP contribution in [0.2, 0.25) is 5.02 Å². The van der Waals surface area contributed by atoms with E-state index < -0.39 is 31.4 Å². The summed E-state index contributed by atoms with van der Waals surface area (Å²) in [6.45, 7) is 3.94. The van der Waals surface area contributed by atoms with Gasteiger partial charge in [-0.1, -0.05) is 84.4 Å². The predicted octanol–water partition coefficient (Wildman–Crippen LogP) is 9.71. The number of nitro benzene ring substituents is 1. The first kappa shape index (κ1) is 45.8. The van der Waals surface area contributed by atoms with E-state index >= 15 is 0 Å². The summed E-state index contributed by atoms with van der Waals surface area (Å²) >= 11 is 7.68. The Hall–Kier alpha value is -6.19. The lowest BCUT2D eigenvalue weighted by Gasteiger charge is -2.36.